The van der Waals surface area contributed by atoms with Crippen LogP contribution in [0.1, 0.15) is 25.0 Å². The van der Waals surface area contributed by atoms with Crippen LogP contribution in [-0.4, -0.2) is 56.3 Å². The SMILES string of the molecule is COP(=O)(OC[C@H](Cc1ccccc1)NC(=O)[C@H](C)N)OC[C@H](Cc1ccccc1)NC(=O)[C@H](C)N. The van der Waals surface area contributed by atoms with Gasteiger partial charge in [0.15, 0.2) is 0 Å². The minimum atomic E-state index is -4.02. The number of nitrogens with two attached hydrogens (primary N) is 2. The van der Waals surface area contributed by atoms with E-state index in [0.717, 1.165) is 11.1 Å². The largest absolute Gasteiger partial charge is 0.474 e. The molecule has 4 atom stereocenters. The fraction of sp³-hybridized carbons (Fsp3) is 0.440. The maximum Gasteiger partial charge on any atom is 0.474 e. The highest BCUT2D eigenvalue weighted by molar-refractivity contribution is 7.48. The number of phosphoric acid groups is 1. The summed E-state index contributed by atoms with van der Waals surface area (Å²) in [4.78, 5) is 24.4. The van der Waals surface area contributed by atoms with Crippen molar-refractivity contribution in [2.75, 3.05) is 20.3 Å². The zero-order chi connectivity index (χ0) is 26.6. The van der Waals surface area contributed by atoms with Crippen LogP contribution >= 0.6 is 7.82 Å². The van der Waals surface area contributed by atoms with Crippen LogP contribution in [0.2, 0.25) is 0 Å². The van der Waals surface area contributed by atoms with E-state index in [9.17, 15) is 14.2 Å². The lowest BCUT2D eigenvalue weighted by Crippen LogP contribution is -2.47. The number of hydrogen-bond donors (Lipinski definition) is 4. The molecule has 2 aromatic rings. The van der Waals surface area contributed by atoms with Crippen LogP contribution in [0.25, 0.3) is 0 Å². The van der Waals surface area contributed by atoms with E-state index in [4.69, 9.17) is 25.0 Å². The molecule has 0 radical (unpaired) electrons. The van der Waals surface area contributed by atoms with Gasteiger partial charge in [0.1, 0.15) is 0 Å². The van der Waals surface area contributed by atoms with E-state index in [1.165, 1.54) is 7.11 Å². The predicted octanol–water partition coefficient (Wildman–Crippen LogP) is 1.92. The van der Waals surface area contributed by atoms with E-state index in [2.05, 4.69) is 10.6 Å². The summed E-state index contributed by atoms with van der Waals surface area (Å²) in [5.74, 6) is -0.733. The lowest BCUT2D eigenvalue weighted by Gasteiger charge is -2.25. The first-order valence-electron chi connectivity index (χ1n) is 11.8. The molecule has 2 amide bonds. The minimum absolute atomic E-state index is 0.145. The molecular formula is C25H37N4O6P. The van der Waals surface area contributed by atoms with Crippen LogP contribution < -0.4 is 22.1 Å². The van der Waals surface area contributed by atoms with E-state index >= 15 is 0 Å². The van der Waals surface area contributed by atoms with Crippen molar-refractivity contribution in [2.24, 2.45) is 11.5 Å². The fourth-order valence-corrected chi connectivity index (χ4v) is 4.28. The Hall–Kier alpha value is -2.59. The van der Waals surface area contributed by atoms with E-state index < -0.39 is 32.0 Å². The third kappa shape index (κ3) is 10.6. The summed E-state index contributed by atoms with van der Waals surface area (Å²) in [6.45, 7) is 2.85. The maximum atomic E-state index is 13.2. The molecule has 198 valence electrons. The summed E-state index contributed by atoms with van der Waals surface area (Å²) < 4.78 is 29.4. The zero-order valence-electron chi connectivity index (χ0n) is 21.0. The summed E-state index contributed by atoms with van der Waals surface area (Å²) in [6, 6.07) is 16.4. The van der Waals surface area contributed by atoms with Crippen molar-refractivity contribution in [1.29, 1.82) is 0 Å². The Balaban J connectivity index is 2.06. The molecule has 0 aromatic heterocycles. The standard InChI is InChI=1S/C25H37N4O6P/c1-18(26)24(30)28-22(14-20-10-6-4-7-11-20)16-34-36(32,33-3)35-17-23(29-25(31)19(2)27)15-21-12-8-5-9-13-21/h4-13,18-19,22-23H,14-17,26-27H2,1-3H3,(H,28,30)(H,29,31)/t18-,19-,22-,23-/m0/s1. The van der Waals surface area contributed by atoms with Gasteiger partial charge in [-0.1, -0.05) is 60.7 Å². The molecule has 0 spiro atoms. The highest BCUT2D eigenvalue weighted by atomic mass is 31.2. The van der Waals surface area contributed by atoms with Crippen LogP contribution in [-0.2, 0) is 40.6 Å². The number of phosphoric ester groups is 1. The van der Waals surface area contributed by atoms with E-state index in [1.54, 1.807) is 13.8 Å². The number of hydrogen-bond acceptors (Lipinski definition) is 8. The molecule has 6 N–H and O–H groups in total. The second kappa shape index (κ2) is 14.8. The first-order chi connectivity index (χ1) is 17.1. The quantitative estimate of drug-likeness (QED) is 0.260. The Morgan fingerprint density at radius 1 is 0.778 bits per heavy atom. The molecule has 0 aliphatic carbocycles. The summed E-state index contributed by atoms with van der Waals surface area (Å²) in [6.07, 6.45) is 0.841. The van der Waals surface area contributed by atoms with E-state index in [-0.39, 0.29) is 25.0 Å². The van der Waals surface area contributed by atoms with Crippen LogP contribution in [0.4, 0.5) is 0 Å². The average molecular weight is 521 g/mol. The van der Waals surface area contributed by atoms with Crippen molar-refractivity contribution < 1.29 is 27.7 Å². The van der Waals surface area contributed by atoms with Crippen molar-refractivity contribution in [1.82, 2.24) is 10.6 Å². The monoisotopic (exact) mass is 520 g/mol. The Morgan fingerprint density at radius 3 is 1.44 bits per heavy atom. The summed E-state index contributed by atoms with van der Waals surface area (Å²) in [7, 11) is -2.81. The van der Waals surface area contributed by atoms with Gasteiger partial charge in [-0.25, -0.2) is 4.57 Å². The third-order valence-electron chi connectivity index (χ3n) is 5.26. The summed E-state index contributed by atoms with van der Waals surface area (Å²) in [5, 5.41) is 5.61. The maximum absolute atomic E-state index is 13.2. The molecule has 0 unspecified atom stereocenters. The number of benzene rings is 2. The first-order valence-corrected chi connectivity index (χ1v) is 13.2. The van der Waals surface area contributed by atoms with Crippen LogP contribution in [0, 0.1) is 0 Å². The van der Waals surface area contributed by atoms with Gasteiger partial charge in [-0.15, -0.1) is 0 Å². The van der Waals surface area contributed by atoms with Gasteiger partial charge in [0.05, 0.1) is 37.4 Å². The number of rotatable bonds is 15. The third-order valence-corrected chi connectivity index (χ3v) is 6.64. The Morgan fingerprint density at radius 2 is 1.14 bits per heavy atom. The molecule has 0 fully saturated rings. The topological polar surface area (TPSA) is 155 Å². The van der Waals surface area contributed by atoms with Gasteiger partial charge in [0.2, 0.25) is 11.8 Å². The molecule has 0 heterocycles. The summed E-state index contributed by atoms with van der Waals surface area (Å²) >= 11 is 0. The number of nitrogens with one attached hydrogen (secondary N) is 2. The van der Waals surface area contributed by atoms with Gasteiger partial charge >= 0.3 is 7.82 Å². The lowest BCUT2D eigenvalue weighted by molar-refractivity contribution is -0.123. The Bertz CT molecular complexity index is 915. The van der Waals surface area contributed by atoms with E-state index in [0.29, 0.717) is 12.8 Å². The number of carbonyl (C=O) groups is 2. The van der Waals surface area contributed by atoms with Gasteiger partial charge in [0, 0.05) is 7.11 Å². The molecule has 0 saturated heterocycles. The van der Waals surface area contributed by atoms with Crippen molar-refractivity contribution in [3.05, 3.63) is 71.8 Å². The molecule has 11 heteroatoms. The Kier molecular flexibility index (Phi) is 12.2. The second-order valence-electron chi connectivity index (χ2n) is 8.59. The minimum Gasteiger partial charge on any atom is -0.349 e. The van der Waals surface area contributed by atoms with Crippen molar-refractivity contribution in [3.63, 3.8) is 0 Å². The first kappa shape index (κ1) is 29.6. The fourth-order valence-electron chi connectivity index (χ4n) is 3.27. The smallest absolute Gasteiger partial charge is 0.349 e. The van der Waals surface area contributed by atoms with Crippen LogP contribution in [0.3, 0.4) is 0 Å². The van der Waals surface area contributed by atoms with Gasteiger partial charge in [0.25, 0.3) is 0 Å². The number of carbonyl (C=O) groups excluding carboxylic acids is 2. The van der Waals surface area contributed by atoms with Crippen LogP contribution in [0.5, 0.6) is 0 Å². The lowest BCUT2D eigenvalue weighted by atomic mass is 10.1. The summed E-state index contributed by atoms with van der Waals surface area (Å²) in [5.41, 5.74) is 13.3. The molecular weight excluding hydrogens is 483 g/mol. The average Bonchev–Trinajstić information content (AvgIpc) is 2.87. The molecule has 0 aliphatic rings. The van der Waals surface area contributed by atoms with Crippen molar-refractivity contribution in [3.8, 4) is 0 Å². The van der Waals surface area contributed by atoms with Gasteiger partial charge in [-0.3, -0.25) is 23.2 Å². The second-order valence-corrected chi connectivity index (χ2v) is 10.4. The highest BCUT2D eigenvalue weighted by Gasteiger charge is 2.30. The molecule has 0 aliphatic heterocycles. The molecule has 2 aromatic carbocycles. The molecule has 36 heavy (non-hydrogen) atoms. The van der Waals surface area contributed by atoms with Gasteiger partial charge in [-0.05, 0) is 37.8 Å². The molecule has 0 saturated carbocycles. The number of amides is 2. The predicted molar refractivity (Wildman–Crippen MR) is 138 cm³/mol. The molecule has 2 rings (SSSR count). The van der Waals surface area contributed by atoms with Gasteiger partial charge in [-0.2, -0.15) is 0 Å². The Labute approximate surface area is 212 Å². The zero-order valence-corrected chi connectivity index (χ0v) is 21.9. The van der Waals surface area contributed by atoms with E-state index in [1.807, 2.05) is 60.7 Å². The highest BCUT2D eigenvalue weighted by Crippen LogP contribution is 2.48. The normalized spacial score (nSPS) is 14.9. The van der Waals surface area contributed by atoms with Crippen molar-refractivity contribution in [2.45, 2.75) is 50.9 Å². The molecule has 0 bridgehead atoms. The molecule has 10 nitrogen and oxygen atoms in total. The van der Waals surface area contributed by atoms with Gasteiger partial charge < -0.3 is 22.1 Å². The van der Waals surface area contributed by atoms with Crippen molar-refractivity contribution >= 4 is 19.6 Å². The van der Waals surface area contributed by atoms with Crippen LogP contribution in [0.15, 0.2) is 60.7 Å².